The van der Waals surface area contributed by atoms with Crippen LogP contribution in [0, 0.1) is 29.1 Å². The maximum atomic E-state index is 13.9. The maximum Gasteiger partial charge on any atom is 0.200 e. The zero-order chi connectivity index (χ0) is 22.4. The lowest BCUT2D eigenvalue weighted by Gasteiger charge is -2.21. The van der Waals surface area contributed by atoms with E-state index < -0.39 is 50.7 Å². The number of rotatable bonds is 6. The molecule has 0 aliphatic carbocycles. The summed E-state index contributed by atoms with van der Waals surface area (Å²) in [5, 5.41) is 0. The van der Waals surface area contributed by atoms with Crippen molar-refractivity contribution >= 4 is 10.1 Å². The van der Waals surface area contributed by atoms with Crippen molar-refractivity contribution in [3.63, 3.8) is 0 Å². The predicted molar refractivity (Wildman–Crippen MR) is 99.0 cm³/mol. The first-order valence-corrected chi connectivity index (χ1v) is 10.5. The molecule has 0 aliphatic rings. The second kappa shape index (κ2) is 10.7. The van der Waals surface area contributed by atoms with Crippen LogP contribution in [0.25, 0.3) is 0 Å². The van der Waals surface area contributed by atoms with Crippen molar-refractivity contribution in [2.24, 2.45) is 0 Å². The Morgan fingerprint density at radius 2 is 1.28 bits per heavy atom. The molecule has 0 N–H and O–H groups in total. The predicted octanol–water partition coefficient (Wildman–Crippen LogP) is 5.62. The molecular formula is C20H22F5O3S-. The summed E-state index contributed by atoms with van der Waals surface area (Å²) < 4.78 is 95.9. The Balaban J connectivity index is 0.000000612. The standard InChI is InChI=1S/C18H17F5.C2H6O3S/c1-3-11(12-7-5-4-6-8-12)9-10(2)13-14(19)16(21)18(23)17(22)15(13)20;1-2-6(3,4)5/h4-8,10-11H,3,9H2,1-2H3;2H2,1H3,(H,3,4,5)/p-1. The molecule has 0 radical (unpaired) electrons. The topological polar surface area (TPSA) is 57.2 Å². The minimum absolute atomic E-state index is 0.0267. The molecule has 2 rings (SSSR count). The third-order valence-electron chi connectivity index (χ3n) is 4.49. The van der Waals surface area contributed by atoms with E-state index in [1.54, 1.807) is 0 Å². The summed E-state index contributed by atoms with van der Waals surface area (Å²) in [4.78, 5) is 0. The van der Waals surface area contributed by atoms with Gasteiger partial charge in [0.15, 0.2) is 23.3 Å². The Hall–Kier alpha value is -2.00. The van der Waals surface area contributed by atoms with E-state index in [0.717, 1.165) is 5.56 Å². The van der Waals surface area contributed by atoms with Crippen LogP contribution in [0.5, 0.6) is 0 Å². The SMILES string of the molecule is CCC(CC(C)c1c(F)c(F)c(F)c(F)c1F)c1ccccc1.CCS(=O)(=O)[O-]. The normalized spacial score (nSPS) is 13.4. The van der Waals surface area contributed by atoms with Gasteiger partial charge in [-0.05, 0) is 30.2 Å². The zero-order valence-corrected chi connectivity index (χ0v) is 17.0. The van der Waals surface area contributed by atoms with Crippen molar-refractivity contribution in [2.75, 3.05) is 5.75 Å². The maximum absolute atomic E-state index is 13.9. The van der Waals surface area contributed by atoms with Crippen LogP contribution in [0.15, 0.2) is 30.3 Å². The summed E-state index contributed by atoms with van der Waals surface area (Å²) in [5.41, 5.74) is 0.238. The van der Waals surface area contributed by atoms with Crippen molar-refractivity contribution in [2.45, 2.75) is 45.4 Å². The summed E-state index contributed by atoms with van der Waals surface area (Å²) in [6, 6.07) is 9.32. The fourth-order valence-electron chi connectivity index (χ4n) is 2.86. The monoisotopic (exact) mass is 437 g/mol. The average molecular weight is 437 g/mol. The van der Waals surface area contributed by atoms with E-state index in [2.05, 4.69) is 0 Å². The zero-order valence-electron chi connectivity index (χ0n) is 16.2. The van der Waals surface area contributed by atoms with E-state index in [0.29, 0.717) is 12.8 Å². The van der Waals surface area contributed by atoms with Gasteiger partial charge in [0.1, 0.15) is 0 Å². The molecule has 0 saturated carbocycles. The van der Waals surface area contributed by atoms with Gasteiger partial charge in [0, 0.05) is 11.3 Å². The molecule has 2 aromatic rings. The van der Waals surface area contributed by atoms with E-state index in [9.17, 15) is 34.9 Å². The lowest BCUT2D eigenvalue weighted by molar-refractivity contribution is 0.361. The average Bonchev–Trinajstić information content (AvgIpc) is 2.69. The second-order valence-corrected chi connectivity index (χ2v) is 8.18. The molecule has 0 aromatic heterocycles. The highest BCUT2D eigenvalue weighted by Crippen LogP contribution is 2.36. The summed E-state index contributed by atoms with van der Waals surface area (Å²) in [7, 11) is -3.91. The fourth-order valence-corrected chi connectivity index (χ4v) is 2.86. The van der Waals surface area contributed by atoms with Crippen LogP contribution in [0.2, 0.25) is 0 Å². The summed E-state index contributed by atoms with van der Waals surface area (Å²) in [5.74, 6) is -10.5. The molecule has 29 heavy (non-hydrogen) atoms. The van der Waals surface area contributed by atoms with E-state index >= 15 is 0 Å². The highest BCUT2D eigenvalue weighted by molar-refractivity contribution is 7.85. The highest BCUT2D eigenvalue weighted by atomic mass is 32.2. The molecule has 3 nitrogen and oxygen atoms in total. The van der Waals surface area contributed by atoms with Gasteiger partial charge in [0.2, 0.25) is 5.82 Å². The summed E-state index contributed by atoms with van der Waals surface area (Å²) >= 11 is 0. The number of halogens is 5. The van der Waals surface area contributed by atoms with Crippen LogP contribution in [0.1, 0.15) is 56.6 Å². The Labute approximate surface area is 167 Å². The summed E-state index contributed by atoms with van der Waals surface area (Å²) in [6.45, 7) is 4.70. The Morgan fingerprint density at radius 1 is 0.862 bits per heavy atom. The molecule has 0 fully saturated rings. The fraction of sp³-hybridized carbons (Fsp3) is 0.400. The van der Waals surface area contributed by atoms with Crippen molar-refractivity contribution < 1.29 is 34.9 Å². The molecule has 0 bridgehead atoms. The minimum atomic E-state index is -3.91. The minimum Gasteiger partial charge on any atom is -0.748 e. The Morgan fingerprint density at radius 3 is 1.66 bits per heavy atom. The molecular weight excluding hydrogens is 415 g/mol. The van der Waals surface area contributed by atoms with E-state index in [1.165, 1.54) is 13.8 Å². The molecule has 162 valence electrons. The van der Waals surface area contributed by atoms with Crippen LogP contribution >= 0.6 is 0 Å². The van der Waals surface area contributed by atoms with Gasteiger partial charge in [0.25, 0.3) is 0 Å². The third-order valence-corrected chi connectivity index (χ3v) is 5.20. The highest BCUT2D eigenvalue weighted by Gasteiger charge is 2.29. The number of hydrogen-bond acceptors (Lipinski definition) is 3. The molecule has 2 aromatic carbocycles. The second-order valence-electron chi connectivity index (χ2n) is 6.48. The van der Waals surface area contributed by atoms with E-state index in [4.69, 9.17) is 0 Å². The van der Waals surface area contributed by atoms with Crippen LogP contribution in [0.3, 0.4) is 0 Å². The van der Waals surface area contributed by atoms with Crippen LogP contribution in [-0.4, -0.2) is 18.7 Å². The molecule has 2 atom stereocenters. The van der Waals surface area contributed by atoms with E-state index in [1.807, 2.05) is 37.3 Å². The van der Waals surface area contributed by atoms with Crippen LogP contribution in [-0.2, 0) is 10.1 Å². The first-order valence-electron chi connectivity index (χ1n) is 8.94. The molecule has 0 aliphatic heterocycles. The van der Waals surface area contributed by atoms with Crippen molar-refractivity contribution in [3.05, 3.63) is 70.5 Å². The van der Waals surface area contributed by atoms with Gasteiger partial charge < -0.3 is 4.55 Å². The van der Waals surface area contributed by atoms with Gasteiger partial charge in [-0.25, -0.2) is 30.4 Å². The lowest BCUT2D eigenvalue weighted by Crippen LogP contribution is -2.12. The molecule has 0 amide bonds. The lowest BCUT2D eigenvalue weighted by atomic mass is 9.84. The van der Waals surface area contributed by atoms with Crippen molar-refractivity contribution in [3.8, 4) is 0 Å². The Kier molecular flexibility index (Phi) is 9.22. The number of benzene rings is 2. The van der Waals surface area contributed by atoms with Gasteiger partial charge >= 0.3 is 0 Å². The number of hydrogen-bond donors (Lipinski definition) is 0. The van der Waals surface area contributed by atoms with E-state index in [-0.39, 0.29) is 11.7 Å². The van der Waals surface area contributed by atoms with Gasteiger partial charge in [-0.2, -0.15) is 0 Å². The summed E-state index contributed by atoms with van der Waals surface area (Å²) in [6.07, 6.45) is 0.989. The molecule has 0 spiro atoms. The first-order chi connectivity index (χ1) is 13.4. The van der Waals surface area contributed by atoms with Crippen LogP contribution < -0.4 is 0 Å². The smallest absolute Gasteiger partial charge is 0.200 e. The Bertz CT molecular complexity index is 888. The quantitative estimate of drug-likeness (QED) is 0.255. The van der Waals surface area contributed by atoms with Crippen LogP contribution in [0.4, 0.5) is 22.0 Å². The molecule has 0 saturated heterocycles. The van der Waals surface area contributed by atoms with Gasteiger partial charge in [-0.1, -0.05) is 51.1 Å². The first kappa shape index (κ1) is 25.0. The third kappa shape index (κ3) is 6.78. The van der Waals surface area contributed by atoms with Crippen molar-refractivity contribution in [1.29, 1.82) is 0 Å². The molecule has 2 unspecified atom stereocenters. The van der Waals surface area contributed by atoms with Gasteiger partial charge in [-0.3, -0.25) is 0 Å². The van der Waals surface area contributed by atoms with Crippen molar-refractivity contribution in [1.82, 2.24) is 0 Å². The van der Waals surface area contributed by atoms with Gasteiger partial charge in [-0.15, -0.1) is 0 Å². The largest absolute Gasteiger partial charge is 0.748 e. The van der Waals surface area contributed by atoms with Gasteiger partial charge in [0.05, 0.1) is 10.1 Å². The molecule has 0 heterocycles. The molecule has 9 heteroatoms.